The highest BCUT2D eigenvalue weighted by Crippen LogP contribution is 2.06. The predicted octanol–water partition coefficient (Wildman–Crippen LogP) is 2.36. The first-order valence-electron chi connectivity index (χ1n) is 6.84. The maximum Gasteiger partial charge on any atom is 0.208 e. The van der Waals surface area contributed by atoms with Gasteiger partial charge in [-0.15, -0.1) is 0 Å². The van der Waals surface area contributed by atoms with E-state index in [1.54, 1.807) is 0 Å². The van der Waals surface area contributed by atoms with Gasteiger partial charge in [0.2, 0.25) is 5.96 Å². The summed E-state index contributed by atoms with van der Waals surface area (Å²) in [6.07, 6.45) is 3.47. The van der Waals surface area contributed by atoms with Crippen molar-refractivity contribution in [2.24, 2.45) is 16.8 Å². The van der Waals surface area contributed by atoms with E-state index in [2.05, 4.69) is 49.9 Å². The number of hydrazine groups is 1. The second-order valence-corrected chi connectivity index (χ2v) is 5.01. The largest absolute Gasteiger partial charge is 0.339 e. The average Bonchev–Trinajstić information content (AvgIpc) is 2.32. The molecule has 0 saturated heterocycles. The standard InChI is InChI=1S/C13H30N4/c1-6-8-9-17(12(5)7-2)13(16-14)15-10-11(3)4/h11-12H,6-10,14H2,1-5H3,(H,15,16). The summed E-state index contributed by atoms with van der Waals surface area (Å²) in [6.45, 7) is 12.8. The number of nitrogens with two attached hydrogens (primary N) is 1. The van der Waals surface area contributed by atoms with Crippen LogP contribution < -0.4 is 11.3 Å². The van der Waals surface area contributed by atoms with E-state index < -0.39 is 0 Å². The van der Waals surface area contributed by atoms with Gasteiger partial charge in [-0.25, -0.2) is 5.84 Å². The summed E-state index contributed by atoms with van der Waals surface area (Å²) in [7, 11) is 0. The van der Waals surface area contributed by atoms with Crippen molar-refractivity contribution >= 4 is 5.96 Å². The van der Waals surface area contributed by atoms with Crippen LogP contribution in [0.4, 0.5) is 0 Å². The maximum absolute atomic E-state index is 5.60. The van der Waals surface area contributed by atoms with Crippen LogP contribution in [0.1, 0.15) is 53.9 Å². The number of aliphatic imine (C=N–C) groups is 1. The van der Waals surface area contributed by atoms with Gasteiger partial charge in [-0.2, -0.15) is 0 Å². The number of hydrogen-bond acceptors (Lipinski definition) is 2. The van der Waals surface area contributed by atoms with Crippen LogP contribution in [0.15, 0.2) is 4.99 Å². The first kappa shape index (κ1) is 16.2. The van der Waals surface area contributed by atoms with E-state index in [0.29, 0.717) is 12.0 Å². The Morgan fingerprint density at radius 1 is 1.29 bits per heavy atom. The van der Waals surface area contributed by atoms with E-state index in [0.717, 1.165) is 25.5 Å². The van der Waals surface area contributed by atoms with Crippen LogP contribution in [0.25, 0.3) is 0 Å². The Kier molecular flexibility index (Phi) is 8.86. The summed E-state index contributed by atoms with van der Waals surface area (Å²) in [5.41, 5.74) is 2.76. The first-order chi connectivity index (χ1) is 8.06. The Bertz CT molecular complexity index is 213. The lowest BCUT2D eigenvalue weighted by molar-refractivity contribution is 0.305. The Morgan fingerprint density at radius 2 is 1.94 bits per heavy atom. The van der Waals surface area contributed by atoms with Crippen molar-refractivity contribution in [3.63, 3.8) is 0 Å². The Balaban J connectivity index is 4.64. The van der Waals surface area contributed by atoms with Crippen LogP contribution in [0.5, 0.6) is 0 Å². The lowest BCUT2D eigenvalue weighted by atomic mass is 10.2. The molecule has 0 bridgehead atoms. The lowest BCUT2D eigenvalue weighted by Crippen LogP contribution is -2.49. The smallest absolute Gasteiger partial charge is 0.208 e. The molecule has 1 unspecified atom stereocenters. The van der Waals surface area contributed by atoms with Gasteiger partial charge in [-0.1, -0.05) is 34.1 Å². The molecule has 0 spiro atoms. The van der Waals surface area contributed by atoms with Crippen molar-refractivity contribution in [2.75, 3.05) is 13.1 Å². The Hall–Kier alpha value is -0.770. The second kappa shape index (κ2) is 9.28. The third-order valence-electron chi connectivity index (χ3n) is 2.88. The van der Waals surface area contributed by atoms with Crippen LogP contribution in [-0.4, -0.2) is 30.0 Å². The van der Waals surface area contributed by atoms with Gasteiger partial charge in [0.25, 0.3) is 0 Å². The zero-order valence-electron chi connectivity index (χ0n) is 12.2. The molecule has 17 heavy (non-hydrogen) atoms. The molecule has 4 nitrogen and oxygen atoms in total. The SMILES string of the molecule is CCCCN(C(=NCC(C)C)NN)C(C)CC. The molecule has 0 aliphatic rings. The van der Waals surface area contributed by atoms with E-state index in [1.165, 1.54) is 12.8 Å². The summed E-state index contributed by atoms with van der Waals surface area (Å²) in [5, 5.41) is 0. The average molecular weight is 242 g/mol. The predicted molar refractivity (Wildman–Crippen MR) is 75.8 cm³/mol. The van der Waals surface area contributed by atoms with Crippen LogP contribution in [0.2, 0.25) is 0 Å². The zero-order chi connectivity index (χ0) is 13.3. The number of guanidine groups is 1. The fourth-order valence-corrected chi connectivity index (χ4v) is 1.57. The maximum atomic E-state index is 5.60. The zero-order valence-corrected chi connectivity index (χ0v) is 12.2. The van der Waals surface area contributed by atoms with Gasteiger partial charge in [0, 0.05) is 19.1 Å². The molecule has 0 fully saturated rings. The molecule has 0 aromatic heterocycles. The molecular formula is C13H30N4. The molecule has 102 valence electrons. The van der Waals surface area contributed by atoms with Gasteiger partial charge < -0.3 is 4.90 Å². The number of rotatable bonds is 7. The Labute approximate surface area is 107 Å². The molecule has 3 N–H and O–H groups in total. The van der Waals surface area contributed by atoms with Crippen molar-refractivity contribution in [1.82, 2.24) is 10.3 Å². The summed E-state index contributed by atoms with van der Waals surface area (Å²) >= 11 is 0. The monoisotopic (exact) mass is 242 g/mol. The fourth-order valence-electron chi connectivity index (χ4n) is 1.57. The minimum atomic E-state index is 0.475. The van der Waals surface area contributed by atoms with E-state index in [4.69, 9.17) is 5.84 Å². The minimum absolute atomic E-state index is 0.475. The topological polar surface area (TPSA) is 53.6 Å². The minimum Gasteiger partial charge on any atom is -0.339 e. The van der Waals surface area contributed by atoms with E-state index >= 15 is 0 Å². The second-order valence-electron chi connectivity index (χ2n) is 5.01. The molecule has 0 saturated carbocycles. The molecule has 0 aliphatic carbocycles. The van der Waals surface area contributed by atoms with Gasteiger partial charge in [0.1, 0.15) is 0 Å². The molecule has 0 aliphatic heterocycles. The third kappa shape index (κ3) is 6.51. The summed E-state index contributed by atoms with van der Waals surface area (Å²) < 4.78 is 0. The van der Waals surface area contributed by atoms with E-state index in [9.17, 15) is 0 Å². The molecule has 0 aromatic carbocycles. The van der Waals surface area contributed by atoms with Crippen molar-refractivity contribution in [3.05, 3.63) is 0 Å². The fraction of sp³-hybridized carbons (Fsp3) is 0.923. The number of unbranched alkanes of at least 4 members (excludes halogenated alkanes) is 1. The van der Waals surface area contributed by atoms with Crippen LogP contribution >= 0.6 is 0 Å². The Morgan fingerprint density at radius 3 is 2.35 bits per heavy atom. The molecule has 0 aromatic rings. The summed E-state index contributed by atoms with van der Waals surface area (Å²) in [4.78, 5) is 6.85. The lowest BCUT2D eigenvalue weighted by Gasteiger charge is -2.31. The van der Waals surface area contributed by atoms with E-state index in [-0.39, 0.29) is 0 Å². The van der Waals surface area contributed by atoms with Crippen LogP contribution in [0, 0.1) is 5.92 Å². The quantitative estimate of drug-likeness (QED) is 0.312. The molecule has 0 radical (unpaired) electrons. The van der Waals surface area contributed by atoms with Gasteiger partial charge in [-0.05, 0) is 25.7 Å². The molecule has 4 heteroatoms. The van der Waals surface area contributed by atoms with E-state index in [1.807, 2.05) is 0 Å². The number of hydrogen-bond donors (Lipinski definition) is 2. The van der Waals surface area contributed by atoms with Crippen LogP contribution in [-0.2, 0) is 0 Å². The van der Waals surface area contributed by atoms with Gasteiger partial charge in [0.05, 0.1) is 0 Å². The molecule has 0 heterocycles. The van der Waals surface area contributed by atoms with Gasteiger partial charge in [0.15, 0.2) is 0 Å². The molecule has 0 rings (SSSR count). The van der Waals surface area contributed by atoms with Crippen molar-refractivity contribution in [3.8, 4) is 0 Å². The highest BCUT2D eigenvalue weighted by atomic mass is 15.4. The van der Waals surface area contributed by atoms with Crippen molar-refractivity contribution in [1.29, 1.82) is 0 Å². The van der Waals surface area contributed by atoms with Gasteiger partial charge in [-0.3, -0.25) is 10.4 Å². The first-order valence-corrected chi connectivity index (χ1v) is 6.84. The highest BCUT2D eigenvalue weighted by Gasteiger charge is 2.15. The summed E-state index contributed by atoms with van der Waals surface area (Å²) in [6, 6.07) is 0.475. The third-order valence-corrected chi connectivity index (χ3v) is 2.88. The number of nitrogens with one attached hydrogen (secondary N) is 1. The van der Waals surface area contributed by atoms with Crippen LogP contribution in [0.3, 0.4) is 0 Å². The summed E-state index contributed by atoms with van der Waals surface area (Å²) in [5.74, 6) is 7.00. The molecule has 1 atom stereocenters. The van der Waals surface area contributed by atoms with Gasteiger partial charge >= 0.3 is 0 Å². The number of nitrogens with zero attached hydrogens (tertiary/aromatic N) is 2. The molecule has 0 amide bonds. The van der Waals surface area contributed by atoms with Crippen molar-refractivity contribution in [2.45, 2.75) is 59.9 Å². The molecular weight excluding hydrogens is 212 g/mol. The van der Waals surface area contributed by atoms with Crippen molar-refractivity contribution < 1.29 is 0 Å². The highest BCUT2D eigenvalue weighted by molar-refractivity contribution is 5.79. The normalized spacial score (nSPS) is 13.9.